The van der Waals surface area contributed by atoms with Crippen molar-refractivity contribution in [2.24, 2.45) is 0 Å². The molecule has 0 fully saturated rings. The van der Waals surface area contributed by atoms with E-state index in [1.807, 2.05) is 36.4 Å². The zero-order valence-corrected chi connectivity index (χ0v) is 16.3. The molecule has 2 N–H and O–H groups in total. The summed E-state index contributed by atoms with van der Waals surface area (Å²) in [4.78, 5) is 20.4. The third kappa shape index (κ3) is 3.76. The van der Waals surface area contributed by atoms with E-state index in [2.05, 4.69) is 15.3 Å². The van der Waals surface area contributed by atoms with E-state index in [-0.39, 0.29) is 5.56 Å². The molecule has 0 bridgehead atoms. The summed E-state index contributed by atoms with van der Waals surface area (Å²) in [6, 6.07) is 19.9. The van der Waals surface area contributed by atoms with Crippen LogP contribution in [0.3, 0.4) is 0 Å². The van der Waals surface area contributed by atoms with E-state index in [1.165, 1.54) is 0 Å². The van der Waals surface area contributed by atoms with Crippen LogP contribution >= 0.6 is 0 Å². The number of aromatic carboxylic acids is 1. The van der Waals surface area contributed by atoms with Crippen molar-refractivity contribution in [3.8, 4) is 22.9 Å². The molecule has 0 radical (unpaired) electrons. The fourth-order valence-corrected chi connectivity index (χ4v) is 3.33. The quantitative estimate of drug-likeness (QED) is 0.382. The number of carbonyl (C=O) groups is 1. The van der Waals surface area contributed by atoms with Gasteiger partial charge in [0.15, 0.2) is 11.6 Å². The Balaban J connectivity index is 1.53. The predicted octanol–water partition coefficient (Wildman–Crippen LogP) is 5.46. The third-order valence-corrected chi connectivity index (χ3v) is 4.91. The first-order chi connectivity index (χ1) is 15.2. The number of benzene rings is 2. The molecule has 31 heavy (non-hydrogen) atoms. The zero-order valence-electron chi connectivity index (χ0n) is 16.3. The van der Waals surface area contributed by atoms with Crippen LogP contribution < -0.4 is 5.32 Å². The van der Waals surface area contributed by atoms with Crippen molar-refractivity contribution >= 4 is 22.7 Å². The molecule has 0 saturated carbocycles. The molecule has 5 aromatic rings. The Bertz CT molecular complexity index is 1340. The van der Waals surface area contributed by atoms with Gasteiger partial charge in [0.25, 0.3) is 0 Å². The van der Waals surface area contributed by atoms with Gasteiger partial charge in [-0.25, -0.2) is 14.8 Å². The summed E-state index contributed by atoms with van der Waals surface area (Å²) in [5.41, 5.74) is 2.85. The second-order valence-electron chi connectivity index (χ2n) is 6.94. The van der Waals surface area contributed by atoms with Crippen molar-refractivity contribution in [2.75, 3.05) is 5.32 Å². The van der Waals surface area contributed by atoms with E-state index >= 15 is 0 Å². The molecule has 152 valence electrons. The predicted molar refractivity (Wildman–Crippen MR) is 116 cm³/mol. The van der Waals surface area contributed by atoms with E-state index in [1.54, 1.807) is 42.9 Å². The Morgan fingerprint density at radius 2 is 1.65 bits per heavy atom. The minimum Gasteiger partial charge on any atom is -0.478 e. The molecule has 0 unspecified atom stereocenters. The number of nitrogens with zero attached hydrogens (tertiary/aromatic N) is 2. The highest BCUT2D eigenvalue weighted by Crippen LogP contribution is 2.30. The zero-order chi connectivity index (χ0) is 21.2. The summed E-state index contributed by atoms with van der Waals surface area (Å²) in [6.45, 7) is 0.476. The average Bonchev–Trinajstić information content (AvgIpc) is 3.52. The van der Waals surface area contributed by atoms with Crippen LogP contribution in [0.5, 0.6) is 0 Å². The van der Waals surface area contributed by atoms with Gasteiger partial charge in [0.1, 0.15) is 11.6 Å². The maximum atomic E-state index is 11.1. The molecule has 0 atom stereocenters. The highest BCUT2D eigenvalue weighted by atomic mass is 16.4. The molecule has 2 aromatic carbocycles. The summed E-state index contributed by atoms with van der Waals surface area (Å²) < 4.78 is 11.0. The minimum atomic E-state index is -0.947. The van der Waals surface area contributed by atoms with Gasteiger partial charge in [-0.1, -0.05) is 18.2 Å². The van der Waals surface area contributed by atoms with Gasteiger partial charge in [-0.2, -0.15) is 0 Å². The molecule has 0 saturated heterocycles. The van der Waals surface area contributed by atoms with Gasteiger partial charge in [0.2, 0.25) is 0 Å². The number of fused-ring (bicyclic) bond motifs is 1. The summed E-state index contributed by atoms with van der Waals surface area (Å²) in [5, 5.41) is 13.3. The molecule has 0 spiro atoms. The summed E-state index contributed by atoms with van der Waals surface area (Å²) in [6.07, 6.45) is 3.22. The van der Waals surface area contributed by atoms with Crippen LogP contribution in [0.1, 0.15) is 15.9 Å². The topological polar surface area (TPSA) is 101 Å². The van der Waals surface area contributed by atoms with Crippen LogP contribution in [-0.4, -0.2) is 21.0 Å². The number of hydrogen-bond donors (Lipinski definition) is 2. The number of rotatable bonds is 6. The van der Waals surface area contributed by atoms with Crippen LogP contribution in [0.4, 0.5) is 5.82 Å². The van der Waals surface area contributed by atoms with Gasteiger partial charge in [-0.15, -0.1) is 0 Å². The minimum absolute atomic E-state index is 0.252. The Morgan fingerprint density at radius 1 is 0.903 bits per heavy atom. The highest BCUT2D eigenvalue weighted by molar-refractivity contribution is 5.93. The van der Waals surface area contributed by atoms with Crippen LogP contribution in [0, 0.1) is 0 Å². The average molecular weight is 411 g/mol. The Morgan fingerprint density at radius 3 is 2.32 bits per heavy atom. The molecule has 0 aliphatic carbocycles. The molecule has 7 heteroatoms. The first kappa shape index (κ1) is 18.6. The van der Waals surface area contributed by atoms with Gasteiger partial charge in [-0.3, -0.25) is 0 Å². The molecule has 5 rings (SSSR count). The van der Waals surface area contributed by atoms with E-state index < -0.39 is 5.97 Å². The van der Waals surface area contributed by atoms with Crippen LogP contribution in [0.15, 0.2) is 88.1 Å². The number of carboxylic acids is 1. The highest BCUT2D eigenvalue weighted by Gasteiger charge is 2.13. The molecular weight excluding hydrogens is 394 g/mol. The standard InChI is InChI=1S/C24H17N3O4/c28-24(29)16-7-5-15(6-8-16)14-25-22-18-10-9-17(20-3-1-11-30-20)13-19(18)26-23(27-22)21-4-2-12-31-21/h1-13H,14H2,(H,28,29)(H,25,26,27). The first-order valence-electron chi connectivity index (χ1n) is 9.63. The summed E-state index contributed by atoms with van der Waals surface area (Å²) in [5.74, 6) is 1.51. The van der Waals surface area contributed by atoms with Crippen molar-refractivity contribution in [2.45, 2.75) is 6.54 Å². The Labute approximate surface area is 177 Å². The number of nitrogens with one attached hydrogen (secondary N) is 1. The fourth-order valence-electron chi connectivity index (χ4n) is 3.33. The lowest BCUT2D eigenvalue weighted by Gasteiger charge is -2.11. The van der Waals surface area contributed by atoms with Gasteiger partial charge in [0.05, 0.1) is 23.6 Å². The maximum Gasteiger partial charge on any atom is 0.335 e. The van der Waals surface area contributed by atoms with Gasteiger partial charge in [0, 0.05) is 17.5 Å². The molecular formula is C24H17N3O4. The largest absolute Gasteiger partial charge is 0.478 e. The monoisotopic (exact) mass is 411 g/mol. The Hall–Kier alpha value is -4.39. The maximum absolute atomic E-state index is 11.1. The number of anilines is 1. The summed E-state index contributed by atoms with van der Waals surface area (Å²) >= 11 is 0. The van der Waals surface area contributed by atoms with Gasteiger partial charge in [-0.05, 0) is 54.1 Å². The first-order valence-corrected chi connectivity index (χ1v) is 9.63. The smallest absolute Gasteiger partial charge is 0.335 e. The van der Waals surface area contributed by atoms with Crippen molar-refractivity contribution in [3.63, 3.8) is 0 Å². The second kappa shape index (κ2) is 7.79. The van der Waals surface area contributed by atoms with Crippen molar-refractivity contribution in [3.05, 3.63) is 90.4 Å². The van der Waals surface area contributed by atoms with E-state index in [0.717, 1.165) is 27.8 Å². The lowest BCUT2D eigenvalue weighted by molar-refractivity contribution is 0.0697. The van der Waals surface area contributed by atoms with Crippen molar-refractivity contribution in [1.29, 1.82) is 0 Å². The lowest BCUT2D eigenvalue weighted by atomic mass is 10.1. The molecule has 0 aliphatic rings. The number of aromatic nitrogens is 2. The van der Waals surface area contributed by atoms with Crippen LogP contribution in [0.2, 0.25) is 0 Å². The SMILES string of the molecule is O=C(O)c1ccc(CNc2nc(-c3ccco3)nc3cc(-c4ccco4)ccc23)cc1. The third-order valence-electron chi connectivity index (χ3n) is 4.91. The van der Waals surface area contributed by atoms with E-state index in [9.17, 15) is 4.79 Å². The van der Waals surface area contributed by atoms with Crippen molar-refractivity contribution < 1.29 is 18.7 Å². The number of furan rings is 2. The fraction of sp³-hybridized carbons (Fsp3) is 0.0417. The van der Waals surface area contributed by atoms with Gasteiger partial charge >= 0.3 is 5.97 Å². The van der Waals surface area contributed by atoms with Crippen LogP contribution in [-0.2, 0) is 6.54 Å². The Kier molecular flexibility index (Phi) is 4.68. The normalized spacial score (nSPS) is 11.0. The van der Waals surface area contributed by atoms with Gasteiger partial charge < -0.3 is 19.3 Å². The molecule has 3 heterocycles. The molecule has 0 aliphatic heterocycles. The molecule has 0 amide bonds. The molecule has 3 aromatic heterocycles. The molecule has 7 nitrogen and oxygen atoms in total. The van der Waals surface area contributed by atoms with E-state index in [0.29, 0.717) is 23.9 Å². The second-order valence-corrected chi connectivity index (χ2v) is 6.94. The lowest BCUT2D eigenvalue weighted by Crippen LogP contribution is -2.05. The van der Waals surface area contributed by atoms with Crippen LogP contribution in [0.25, 0.3) is 33.8 Å². The van der Waals surface area contributed by atoms with E-state index in [4.69, 9.17) is 13.9 Å². The van der Waals surface area contributed by atoms with Crippen molar-refractivity contribution in [1.82, 2.24) is 9.97 Å². The number of carboxylic acid groups (broad SMARTS) is 1. The number of hydrogen-bond acceptors (Lipinski definition) is 6. The summed E-state index contributed by atoms with van der Waals surface area (Å²) in [7, 11) is 0.